The molecule has 4 heteroatoms. The second-order valence-corrected chi connectivity index (χ2v) is 6.40. The highest BCUT2D eigenvalue weighted by molar-refractivity contribution is 9.10. The first-order valence-electron chi connectivity index (χ1n) is 7.32. The molecule has 0 saturated heterocycles. The monoisotopic (exact) mass is 357 g/mol. The van der Waals surface area contributed by atoms with Crippen LogP contribution in [0, 0.1) is 0 Å². The van der Waals surface area contributed by atoms with Gasteiger partial charge in [0.15, 0.2) is 0 Å². The number of hydrogen-bond donors (Lipinski definition) is 1. The SMILES string of the molecule is COc1ccc(C2OCCc3c2[nH]c2ccc(Br)cc32)cc1. The lowest BCUT2D eigenvalue weighted by molar-refractivity contribution is 0.0677. The van der Waals surface area contributed by atoms with Crippen LogP contribution >= 0.6 is 15.9 Å². The van der Waals surface area contributed by atoms with Crippen LogP contribution in [0.15, 0.2) is 46.9 Å². The second-order valence-electron chi connectivity index (χ2n) is 5.48. The molecule has 1 aromatic heterocycles. The molecule has 1 atom stereocenters. The lowest BCUT2D eigenvalue weighted by Crippen LogP contribution is -2.16. The first kappa shape index (κ1) is 13.9. The lowest BCUT2D eigenvalue weighted by Gasteiger charge is -2.24. The van der Waals surface area contributed by atoms with Gasteiger partial charge in [0.25, 0.3) is 0 Å². The number of methoxy groups -OCH3 is 1. The molecular formula is C18H16BrNO2. The van der Waals surface area contributed by atoms with Gasteiger partial charge in [-0.15, -0.1) is 0 Å². The number of benzene rings is 2. The van der Waals surface area contributed by atoms with Crippen LogP contribution in [0.2, 0.25) is 0 Å². The Morgan fingerprint density at radius 1 is 1.18 bits per heavy atom. The van der Waals surface area contributed by atoms with Crippen molar-refractivity contribution in [2.45, 2.75) is 12.5 Å². The molecule has 0 radical (unpaired) electrons. The Morgan fingerprint density at radius 3 is 2.77 bits per heavy atom. The number of rotatable bonds is 2. The maximum Gasteiger partial charge on any atom is 0.123 e. The normalized spacial score (nSPS) is 17.5. The van der Waals surface area contributed by atoms with Crippen molar-refractivity contribution in [3.05, 3.63) is 63.8 Å². The summed E-state index contributed by atoms with van der Waals surface area (Å²) in [7, 11) is 1.68. The summed E-state index contributed by atoms with van der Waals surface area (Å²) < 4.78 is 12.4. The maximum absolute atomic E-state index is 6.04. The van der Waals surface area contributed by atoms with Gasteiger partial charge in [-0.1, -0.05) is 28.1 Å². The summed E-state index contributed by atoms with van der Waals surface area (Å²) in [6, 6.07) is 14.5. The predicted octanol–water partition coefficient (Wildman–Crippen LogP) is 4.60. The number of ether oxygens (including phenoxy) is 2. The molecule has 1 aliphatic heterocycles. The van der Waals surface area contributed by atoms with Crippen LogP contribution in [0.1, 0.15) is 22.9 Å². The molecule has 0 saturated carbocycles. The van der Waals surface area contributed by atoms with Crippen molar-refractivity contribution >= 4 is 26.8 Å². The van der Waals surface area contributed by atoms with E-state index in [2.05, 4.69) is 51.2 Å². The van der Waals surface area contributed by atoms with E-state index in [1.54, 1.807) is 7.11 Å². The third-order valence-electron chi connectivity index (χ3n) is 4.22. The van der Waals surface area contributed by atoms with Crippen molar-refractivity contribution in [3.8, 4) is 5.75 Å². The third kappa shape index (κ3) is 2.23. The Balaban J connectivity index is 1.82. The Kier molecular flexibility index (Phi) is 3.43. The molecule has 3 nitrogen and oxygen atoms in total. The van der Waals surface area contributed by atoms with Gasteiger partial charge in [0.2, 0.25) is 0 Å². The first-order valence-corrected chi connectivity index (χ1v) is 8.11. The Labute approximate surface area is 137 Å². The fourth-order valence-corrected chi connectivity index (χ4v) is 3.50. The van der Waals surface area contributed by atoms with Crippen molar-refractivity contribution in [1.29, 1.82) is 0 Å². The number of nitrogens with one attached hydrogen (secondary N) is 1. The van der Waals surface area contributed by atoms with Gasteiger partial charge < -0.3 is 14.5 Å². The molecule has 2 heterocycles. The molecule has 0 spiro atoms. The first-order chi connectivity index (χ1) is 10.8. The molecule has 0 bridgehead atoms. The molecule has 112 valence electrons. The van der Waals surface area contributed by atoms with Crippen LogP contribution in [-0.2, 0) is 11.2 Å². The number of halogens is 1. The minimum absolute atomic E-state index is 0.0409. The number of H-pyrrole nitrogens is 1. The topological polar surface area (TPSA) is 34.2 Å². The van der Waals surface area contributed by atoms with Gasteiger partial charge in [-0.3, -0.25) is 0 Å². The van der Waals surface area contributed by atoms with E-state index in [0.717, 1.165) is 34.3 Å². The fraction of sp³-hybridized carbons (Fsp3) is 0.222. The standard InChI is InChI=1S/C18H16BrNO2/c1-21-13-5-2-11(3-6-13)18-17-14(8-9-22-18)15-10-12(19)4-7-16(15)20-17/h2-7,10,18,20H,8-9H2,1H3. The van der Waals surface area contributed by atoms with Crippen molar-refractivity contribution < 1.29 is 9.47 Å². The molecule has 1 unspecified atom stereocenters. The summed E-state index contributed by atoms with van der Waals surface area (Å²) in [6.07, 6.45) is 0.902. The van der Waals surface area contributed by atoms with Crippen molar-refractivity contribution in [1.82, 2.24) is 4.98 Å². The van der Waals surface area contributed by atoms with Crippen LogP contribution in [-0.4, -0.2) is 18.7 Å². The van der Waals surface area contributed by atoms with Gasteiger partial charge in [0.05, 0.1) is 19.4 Å². The van der Waals surface area contributed by atoms with E-state index >= 15 is 0 Å². The molecule has 22 heavy (non-hydrogen) atoms. The zero-order chi connectivity index (χ0) is 15.1. The summed E-state index contributed by atoms with van der Waals surface area (Å²) in [5, 5.41) is 1.28. The van der Waals surface area contributed by atoms with Gasteiger partial charge >= 0.3 is 0 Å². The molecule has 1 N–H and O–H groups in total. The minimum Gasteiger partial charge on any atom is -0.497 e. The Bertz CT molecular complexity index is 823. The Morgan fingerprint density at radius 2 is 2.00 bits per heavy atom. The van der Waals surface area contributed by atoms with Crippen LogP contribution in [0.3, 0.4) is 0 Å². The summed E-state index contributed by atoms with van der Waals surface area (Å²) >= 11 is 3.56. The van der Waals surface area contributed by atoms with Gasteiger partial charge in [0, 0.05) is 15.4 Å². The van der Waals surface area contributed by atoms with Gasteiger partial charge in [-0.2, -0.15) is 0 Å². The van der Waals surface area contributed by atoms with Crippen molar-refractivity contribution in [2.75, 3.05) is 13.7 Å². The average molecular weight is 358 g/mol. The quantitative estimate of drug-likeness (QED) is 0.727. The molecule has 4 rings (SSSR count). The van der Waals surface area contributed by atoms with Gasteiger partial charge in [-0.25, -0.2) is 0 Å². The van der Waals surface area contributed by atoms with Crippen LogP contribution < -0.4 is 4.74 Å². The van der Waals surface area contributed by atoms with Gasteiger partial charge in [-0.05, 0) is 47.9 Å². The van der Waals surface area contributed by atoms with E-state index in [-0.39, 0.29) is 6.10 Å². The van der Waals surface area contributed by atoms with Crippen LogP contribution in [0.25, 0.3) is 10.9 Å². The molecule has 0 aliphatic carbocycles. The zero-order valence-electron chi connectivity index (χ0n) is 12.2. The maximum atomic E-state index is 6.04. The highest BCUT2D eigenvalue weighted by Crippen LogP contribution is 2.37. The molecule has 1 aliphatic rings. The lowest BCUT2D eigenvalue weighted by atomic mass is 9.98. The molecule has 2 aromatic carbocycles. The number of aromatic nitrogens is 1. The van der Waals surface area contributed by atoms with E-state index in [0.29, 0.717) is 0 Å². The van der Waals surface area contributed by atoms with E-state index in [9.17, 15) is 0 Å². The average Bonchev–Trinajstić information content (AvgIpc) is 2.93. The molecular weight excluding hydrogens is 342 g/mol. The number of hydrogen-bond acceptors (Lipinski definition) is 2. The molecule has 0 amide bonds. The molecule has 3 aromatic rings. The highest BCUT2D eigenvalue weighted by atomic mass is 79.9. The Hall–Kier alpha value is -1.78. The minimum atomic E-state index is -0.0409. The highest BCUT2D eigenvalue weighted by Gasteiger charge is 2.26. The third-order valence-corrected chi connectivity index (χ3v) is 4.71. The van der Waals surface area contributed by atoms with E-state index < -0.39 is 0 Å². The predicted molar refractivity (Wildman–Crippen MR) is 90.5 cm³/mol. The van der Waals surface area contributed by atoms with E-state index in [4.69, 9.17) is 9.47 Å². The summed E-state index contributed by atoms with van der Waals surface area (Å²) in [5.74, 6) is 0.861. The number of fused-ring (bicyclic) bond motifs is 3. The summed E-state index contributed by atoms with van der Waals surface area (Å²) in [5.41, 5.74) is 4.84. The van der Waals surface area contributed by atoms with Crippen LogP contribution in [0.5, 0.6) is 5.75 Å². The molecule has 0 fully saturated rings. The number of aromatic amines is 1. The largest absolute Gasteiger partial charge is 0.497 e. The van der Waals surface area contributed by atoms with Crippen molar-refractivity contribution in [2.24, 2.45) is 0 Å². The van der Waals surface area contributed by atoms with E-state index in [1.807, 2.05) is 12.1 Å². The fourth-order valence-electron chi connectivity index (χ4n) is 3.14. The smallest absolute Gasteiger partial charge is 0.123 e. The van der Waals surface area contributed by atoms with E-state index in [1.165, 1.54) is 16.6 Å². The van der Waals surface area contributed by atoms with Gasteiger partial charge in [0.1, 0.15) is 11.9 Å². The summed E-state index contributed by atoms with van der Waals surface area (Å²) in [6.45, 7) is 0.739. The second kappa shape index (κ2) is 5.45. The zero-order valence-corrected chi connectivity index (χ0v) is 13.8. The summed E-state index contributed by atoms with van der Waals surface area (Å²) in [4.78, 5) is 3.54. The van der Waals surface area contributed by atoms with Crippen molar-refractivity contribution in [3.63, 3.8) is 0 Å². The van der Waals surface area contributed by atoms with Crippen LogP contribution in [0.4, 0.5) is 0 Å².